The molecule has 2 aliphatic heterocycles. The number of thiophene rings is 1. The highest BCUT2D eigenvalue weighted by molar-refractivity contribution is 7.15. The molecule has 0 saturated carbocycles. The second-order valence-electron chi connectivity index (χ2n) is 6.61. The van der Waals surface area contributed by atoms with Gasteiger partial charge in [0.25, 0.3) is 0 Å². The van der Waals surface area contributed by atoms with E-state index in [1.807, 2.05) is 18.3 Å². The number of morpholine rings is 1. The number of amides is 1. The zero-order valence-electron chi connectivity index (χ0n) is 14.5. The Bertz CT molecular complexity index is 1050. The molecule has 4 heterocycles. The Balaban J connectivity index is 1.61. The number of aromatic nitrogens is 2. The lowest BCUT2D eigenvalue weighted by Gasteiger charge is -2.34. The highest BCUT2D eigenvalue weighted by Gasteiger charge is 2.28. The number of ether oxygens (including phenoxy) is 1. The first-order chi connectivity index (χ1) is 13.2. The van der Waals surface area contributed by atoms with Crippen LogP contribution in [0.4, 0.5) is 4.79 Å². The highest BCUT2D eigenvalue weighted by atomic mass is 32.1. The van der Waals surface area contributed by atoms with Crippen molar-refractivity contribution in [2.45, 2.75) is 6.54 Å². The van der Waals surface area contributed by atoms with Crippen molar-refractivity contribution in [1.29, 1.82) is 0 Å². The number of benzene rings is 1. The Morgan fingerprint density at radius 1 is 1.26 bits per heavy atom. The van der Waals surface area contributed by atoms with E-state index in [-0.39, 0.29) is 0 Å². The third-order valence-corrected chi connectivity index (χ3v) is 6.18. The molecule has 0 radical (unpaired) electrons. The summed E-state index contributed by atoms with van der Waals surface area (Å²) in [5.74, 6) is 0. The first-order valence-corrected chi connectivity index (χ1v) is 9.62. The van der Waals surface area contributed by atoms with Gasteiger partial charge in [-0.25, -0.2) is 4.79 Å². The normalized spacial score (nSPS) is 17.1. The predicted octanol–water partition coefficient (Wildman–Crippen LogP) is 3.42. The first kappa shape index (κ1) is 16.3. The maximum absolute atomic E-state index is 11.6. The number of carboxylic acid groups (broad SMARTS) is 1. The molecule has 0 spiro atoms. The lowest BCUT2D eigenvalue weighted by Crippen LogP contribution is -2.38. The molecule has 0 unspecified atom stereocenters. The summed E-state index contributed by atoms with van der Waals surface area (Å²) < 4.78 is 5.46. The molecule has 1 amide bonds. The summed E-state index contributed by atoms with van der Waals surface area (Å²) in [5.41, 5.74) is 4.19. The van der Waals surface area contributed by atoms with E-state index in [0.717, 1.165) is 50.6 Å². The standard InChI is InChI=1S/C19H18N4O3S/c24-19(25)23-10-16(22-4-6-26-7-5-22)13-8-17(27-18(13)11-23)12-2-1-3-15-14(12)9-20-21-15/h1-3,8-10H,4-7,11H2,(H,20,21)(H,24,25). The molecule has 0 atom stereocenters. The van der Waals surface area contributed by atoms with Gasteiger partial charge in [0.1, 0.15) is 0 Å². The molecule has 5 rings (SSSR count). The van der Waals surface area contributed by atoms with Gasteiger partial charge in [0.05, 0.1) is 37.2 Å². The molecule has 0 aliphatic carbocycles. The van der Waals surface area contributed by atoms with Crippen LogP contribution >= 0.6 is 11.3 Å². The number of carbonyl (C=O) groups is 1. The number of H-pyrrole nitrogens is 1. The van der Waals surface area contributed by atoms with Crippen molar-refractivity contribution >= 4 is 34.0 Å². The van der Waals surface area contributed by atoms with Crippen molar-refractivity contribution in [3.63, 3.8) is 0 Å². The molecule has 2 aromatic heterocycles. The number of fused-ring (bicyclic) bond motifs is 2. The highest BCUT2D eigenvalue weighted by Crippen LogP contribution is 2.41. The van der Waals surface area contributed by atoms with Gasteiger partial charge in [0.2, 0.25) is 0 Å². The van der Waals surface area contributed by atoms with Crippen LogP contribution in [0.1, 0.15) is 10.4 Å². The minimum absolute atomic E-state index is 0.380. The average Bonchev–Trinajstić information content (AvgIpc) is 3.34. The van der Waals surface area contributed by atoms with Gasteiger partial charge >= 0.3 is 6.09 Å². The van der Waals surface area contributed by atoms with E-state index in [1.54, 1.807) is 17.5 Å². The number of rotatable bonds is 2. The van der Waals surface area contributed by atoms with Crippen molar-refractivity contribution in [1.82, 2.24) is 20.0 Å². The van der Waals surface area contributed by atoms with E-state index in [0.29, 0.717) is 19.8 Å². The number of nitrogens with one attached hydrogen (secondary N) is 1. The minimum Gasteiger partial charge on any atom is -0.465 e. The smallest absolute Gasteiger partial charge is 0.411 e. The lowest BCUT2D eigenvalue weighted by atomic mass is 10.0. The van der Waals surface area contributed by atoms with E-state index in [4.69, 9.17) is 4.74 Å². The molecule has 27 heavy (non-hydrogen) atoms. The summed E-state index contributed by atoms with van der Waals surface area (Å²) in [5, 5.41) is 17.8. The van der Waals surface area contributed by atoms with Crippen LogP contribution in [0.3, 0.4) is 0 Å². The molecule has 138 valence electrons. The SMILES string of the molecule is O=C(O)N1C=C(N2CCOCC2)c2cc(-c3cccc4[nH]ncc34)sc2C1. The monoisotopic (exact) mass is 382 g/mol. The molecule has 1 fully saturated rings. The van der Waals surface area contributed by atoms with Gasteiger partial charge in [0.15, 0.2) is 0 Å². The van der Waals surface area contributed by atoms with Crippen molar-refractivity contribution in [2.24, 2.45) is 0 Å². The summed E-state index contributed by atoms with van der Waals surface area (Å²) in [6, 6.07) is 8.28. The van der Waals surface area contributed by atoms with Crippen LogP contribution < -0.4 is 0 Å². The Kier molecular flexibility index (Phi) is 3.87. The number of hydrogen-bond donors (Lipinski definition) is 2. The third kappa shape index (κ3) is 2.77. The van der Waals surface area contributed by atoms with Crippen molar-refractivity contribution in [3.05, 3.63) is 47.1 Å². The molecule has 1 aromatic carbocycles. The molecular formula is C19H18N4O3S. The van der Waals surface area contributed by atoms with E-state index in [2.05, 4.69) is 27.2 Å². The summed E-state index contributed by atoms with van der Waals surface area (Å²) in [4.78, 5) is 17.4. The quantitative estimate of drug-likeness (QED) is 0.710. The molecule has 2 aliphatic rings. The zero-order chi connectivity index (χ0) is 18.4. The topological polar surface area (TPSA) is 81.7 Å². The summed E-state index contributed by atoms with van der Waals surface area (Å²) >= 11 is 1.65. The maximum Gasteiger partial charge on any atom is 0.411 e. The van der Waals surface area contributed by atoms with Crippen LogP contribution in [-0.2, 0) is 11.3 Å². The van der Waals surface area contributed by atoms with E-state index in [1.165, 1.54) is 4.90 Å². The van der Waals surface area contributed by atoms with Crippen molar-refractivity contribution in [3.8, 4) is 10.4 Å². The Morgan fingerprint density at radius 2 is 2.11 bits per heavy atom. The third-order valence-electron chi connectivity index (χ3n) is 5.02. The molecular weight excluding hydrogens is 364 g/mol. The minimum atomic E-state index is -0.932. The van der Waals surface area contributed by atoms with E-state index >= 15 is 0 Å². The summed E-state index contributed by atoms with van der Waals surface area (Å²) in [6.07, 6.45) is 2.66. The largest absolute Gasteiger partial charge is 0.465 e. The molecule has 0 bridgehead atoms. The Morgan fingerprint density at radius 3 is 2.93 bits per heavy atom. The fourth-order valence-electron chi connectivity index (χ4n) is 3.68. The first-order valence-electron chi connectivity index (χ1n) is 8.80. The average molecular weight is 382 g/mol. The number of aromatic amines is 1. The second-order valence-corrected chi connectivity index (χ2v) is 7.75. The maximum atomic E-state index is 11.6. The summed E-state index contributed by atoms with van der Waals surface area (Å²) in [7, 11) is 0. The van der Waals surface area contributed by atoms with Crippen LogP contribution in [0.5, 0.6) is 0 Å². The van der Waals surface area contributed by atoms with Crippen LogP contribution in [0.2, 0.25) is 0 Å². The molecule has 7 nitrogen and oxygen atoms in total. The van der Waals surface area contributed by atoms with E-state index < -0.39 is 6.09 Å². The van der Waals surface area contributed by atoms with Crippen molar-refractivity contribution in [2.75, 3.05) is 26.3 Å². The Hall–Kier alpha value is -2.84. The van der Waals surface area contributed by atoms with Gasteiger partial charge in [-0.05, 0) is 12.1 Å². The summed E-state index contributed by atoms with van der Waals surface area (Å²) in [6.45, 7) is 3.23. The number of hydrogen-bond acceptors (Lipinski definition) is 5. The van der Waals surface area contributed by atoms with Crippen LogP contribution in [0, 0.1) is 0 Å². The second kappa shape index (κ2) is 6.40. The fourth-order valence-corrected chi connectivity index (χ4v) is 4.88. The number of nitrogens with zero attached hydrogens (tertiary/aromatic N) is 3. The molecule has 1 saturated heterocycles. The van der Waals surface area contributed by atoms with Gasteiger partial charge < -0.3 is 14.7 Å². The van der Waals surface area contributed by atoms with Crippen LogP contribution in [0.15, 0.2) is 36.7 Å². The zero-order valence-corrected chi connectivity index (χ0v) is 15.3. The lowest BCUT2D eigenvalue weighted by molar-refractivity contribution is 0.0631. The van der Waals surface area contributed by atoms with Gasteiger partial charge in [-0.15, -0.1) is 11.3 Å². The Labute approximate surface area is 159 Å². The molecule has 3 aromatic rings. The van der Waals surface area contributed by atoms with Gasteiger partial charge in [-0.3, -0.25) is 10.00 Å². The molecule has 8 heteroatoms. The predicted molar refractivity (Wildman–Crippen MR) is 103 cm³/mol. The van der Waals surface area contributed by atoms with Crippen LogP contribution in [-0.4, -0.2) is 57.5 Å². The van der Waals surface area contributed by atoms with Crippen LogP contribution in [0.25, 0.3) is 27.0 Å². The van der Waals surface area contributed by atoms with Gasteiger partial charge in [0, 0.05) is 45.6 Å². The molecule has 2 N–H and O–H groups in total. The van der Waals surface area contributed by atoms with E-state index in [9.17, 15) is 9.90 Å². The van der Waals surface area contributed by atoms with Crippen molar-refractivity contribution < 1.29 is 14.6 Å². The van der Waals surface area contributed by atoms with Gasteiger partial charge in [-0.1, -0.05) is 12.1 Å². The fraction of sp³-hybridized carbons (Fsp3) is 0.263. The van der Waals surface area contributed by atoms with Gasteiger partial charge in [-0.2, -0.15) is 5.10 Å².